The molecule has 0 aromatic heterocycles. The van der Waals surface area contributed by atoms with E-state index in [-0.39, 0.29) is 12.8 Å². The van der Waals surface area contributed by atoms with Crippen LogP contribution in [0.15, 0.2) is 23.1 Å². The SMILES string of the molecule is CCCC(O)(O)OC(=O)c1cccc(C(=O)OC(O)(O)CCC)c1S(=O)(=O)O. The number of aliphatic hydroxyl groups is 4. The average molecular weight is 422 g/mol. The van der Waals surface area contributed by atoms with E-state index in [1.54, 1.807) is 13.8 Å². The molecule has 0 saturated heterocycles. The maximum atomic E-state index is 12.2. The van der Waals surface area contributed by atoms with Crippen LogP contribution in [0.2, 0.25) is 0 Å². The van der Waals surface area contributed by atoms with Gasteiger partial charge >= 0.3 is 23.9 Å². The second-order valence-electron chi connectivity index (χ2n) is 5.92. The Hall–Kier alpha value is -2.09. The average Bonchev–Trinajstić information content (AvgIpc) is 2.52. The highest BCUT2D eigenvalue weighted by Gasteiger charge is 2.36. The van der Waals surface area contributed by atoms with Gasteiger partial charge in [-0.3, -0.25) is 4.55 Å². The van der Waals surface area contributed by atoms with Gasteiger partial charge in [-0.05, 0) is 25.0 Å². The zero-order valence-corrected chi connectivity index (χ0v) is 16.0. The van der Waals surface area contributed by atoms with Gasteiger partial charge in [0.25, 0.3) is 10.1 Å². The Bertz CT molecular complexity index is 777. The molecule has 0 heterocycles. The summed E-state index contributed by atoms with van der Waals surface area (Å²) in [7, 11) is -5.22. The Kier molecular flexibility index (Phi) is 7.65. The standard InChI is InChI=1S/C16H22O11S/c1-3-8-15(19,20)26-13(17)10-6-5-7-11(12(10)28(23,24)25)14(18)27-16(21,22)9-4-2/h5-7,19-22H,3-4,8-9H2,1-2H3,(H,23,24,25). The monoisotopic (exact) mass is 422 g/mol. The van der Waals surface area contributed by atoms with Gasteiger partial charge < -0.3 is 29.9 Å². The first-order valence-corrected chi connectivity index (χ1v) is 9.64. The summed E-state index contributed by atoms with van der Waals surface area (Å²) in [4.78, 5) is 23.1. The van der Waals surface area contributed by atoms with Crippen LogP contribution in [-0.2, 0) is 19.6 Å². The number of benzene rings is 1. The lowest BCUT2D eigenvalue weighted by molar-refractivity contribution is -0.311. The summed E-state index contributed by atoms with van der Waals surface area (Å²) in [5, 5.41) is 38.3. The fourth-order valence-corrected chi connectivity index (χ4v) is 3.16. The summed E-state index contributed by atoms with van der Waals surface area (Å²) in [6.07, 6.45) is -0.388. The third-order valence-corrected chi connectivity index (χ3v) is 4.33. The number of rotatable bonds is 9. The Morgan fingerprint density at radius 2 is 1.25 bits per heavy atom. The minimum absolute atomic E-state index is 0.199. The molecular weight excluding hydrogens is 400 g/mol. The van der Waals surface area contributed by atoms with Gasteiger partial charge in [0.2, 0.25) is 0 Å². The van der Waals surface area contributed by atoms with E-state index >= 15 is 0 Å². The van der Waals surface area contributed by atoms with Gasteiger partial charge in [-0.2, -0.15) is 8.42 Å². The zero-order valence-electron chi connectivity index (χ0n) is 15.2. The van der Waals surface area contributed by atoms with E-state index < -0.39 is 62.9 Å². The lowest BCUT2D eigenvalue weighted by Crippen LogP contribution is -2.36. The molecule has 0 aliphatic heterocycles. The molecule has 0 radical (unpaired) electrons. The number of hydrogen-bond donors (Lipinski definition) is 5. The first-order valence-electron chi connectivity index (χ1n) is 8.20. The van der Waals surface area contributed by atoms with Crippen molar-refractivity contribution in [2.24, 2.45) is 0 Å². The van der Waals surface area contributed by atoms with Gasteiger partial charge in [0.1, 0.15) is 4.90 Å². The summed E-state index contributed by atoms with van der Waals surface area (Å²) < 4.78 is 41.8. The lowest BCUT2D eigenvalue weighted by Gasteiger charge is -2.22. The van der Waals surface area contributed by atoms with E-state index in [1.165, 1.54) is 0 Å². The molecule has 0 amide bonds. The molecule has 158 valence electrons. The molecule has 5 N–H and O–H groups in total. The quantitative estimate of drug-likeness (QED) is 0.207. The molecule has 11 nitrogen and oxygen atoms in total. The van der Waals surface area contributed by atoms with Crippen molar-refractivity contribution in [3.05, 3.63) is 29.3 Å². The van der Waals surface area contributed by atoms with Crippen LogP contribution in [0.25, 0.3) is 0 Å². The molecule has 0 fully saturated rings. The molecule has 1 aromatic rings. The van der Waals surface area contributed by atoms with Crippen molar-refractivity contribution in [2.45, 2.75) is 56.4 Å². The minimum Gasteiger partial charge on any atom is -0.404 e. The number of ether oxygens (including phenoxy) is 2. The van der Waals surface area contributed by atoms with Gasteiger partial charge in [-0.15, -0.1) is 0 Å². The van der Waals surface area contributed by atoms with Crippen LogP contribution in [0, 0.1) is 0 Å². The van der Waals surface area contributed by atoms with E-state index in [0.29, 0.717) is 0 Å². The van der Waals surface area contributed by atoms with Crippen molar-refractivity contribution in [2.75, 3.05) is 0 Å². The van der Waals surface area contributed by atoms with Crippen molar-refractivity contribution >= 4 is 22.1 Å². The maximum absolute atomic E-state index is 12.2. The second kappa shape index (κ2) is 8.94. The predicted molar refractivity (Wildman–Crippen MR) is 91.2 cm³/mol. The first-order chi connectivity index (χ1) is 12.7. The van der Waals surface area contributed by atoms with E-state index in [2.05, 4.69) is 9.47 Å². The Morgan fingerprint density at radius 3 is 1.54 bits per heavy atom. The van der Waals surface area contributed by atoms with Gasteiger partial charge in [-0.1, -0.05) is 19.9 Å². The highest BCUT2D eigenvalue weighted by Crippen LogP contribution is 2.26. The smallest absolute Gasteiger partial charge is 0.343 e. The highest BCUT2D eigenvalue weighted by molar-refractivity contribution is 7.86. The van der Waals surface area contributed by atoms with E-state index in [0.717, 1.165) is 18.2 Å². The number of hydrogen-bond acceptors (Lipinski definition) is 10. The lowest BCUT2D eigenvalue weighted by atomic mass is 10.1. The summed E-state index contributed by atoms with van der Waals surface area (Å²) in [6.45, 7) is 3.11. The van der Waals surface area contributed by atoms with Crippen LogP contribution in [-0.4, -0.2) is 57.3 Å². The Morgan fingerprint density at radius 1 is 0.893 bits per heavy atom. The zero-order chi connectivity index (χ0) is 21.8. The minimum atomic E-state index is -5.22. The third-order valence-electron chi connectivity index (χ3n) is 3.38. The van der Waals surface area contributed by atoms with Crippen molar-refractivity contribution in [3.63, 3.8) is 0 Å². The van der Waals surface area contributed by atoms with Gasteiger partial charge in [-0.25, -0.2) is 9.59 Å². The van der Waals surface area contributed by atoms with E-state index in [4.69, 9.17) is 0 Å². The molecule has 12 heteroatoms. The molecule has 0 aliphatic rings. The summed E-state index contributed by atoms with van der Waals surface area (Å²) in [6, 6.07) is 2.72. The largest absolute Gasteiger partial charge is 0.404 e. The molecular formula is C16H22O11S. The molecule has 1 aromatic carbocycles. The molecule has 0 aliphatic carbocycles. The van der Waals surface area contributed by atoms with Crippen molar-refractivity contribution in [3.8, 4) is 0 Å². The normalized spacial score (nSPS) is 12.5. The van der Waals surface area contributed by atoms with E-state index in [1.807, 2.05) is 0 Å². The van der Waals surface area contributed by atoms with Crippen LogP contribution in [0.3, 0.4) is 0 Å². The number of esters is 2. The van der Waals surface area contributed by atoms with Crippen molar-refractivity contribution in [1.29, 1.82) is 0 Å². The van der Waals surface area contributed by atoms with Gasteiger partial charge in [0, 0.05) is 12.8 Å². The Balaban J connectivity index is 3.41. The van der Waals surface area contributed by atoms with Crippen molar-refractivity contribution in [1.82, 2.24) is 0 Å². The summed E-state index contributed by atoms with van der Waals surface area (Å²) >= 11 is 0. The molecule has 28 heavy (non-hydrogen) atoms. The summed E-state index contributed by atoms with van der Waals surface area (Å²) in [5.74, 6) is -8.95. The predicted octanol–water partition coefficient (Wildman–Crippen LogP) is 0.124. The van der Waals surface area contributed by atoms with Crippen LogP contribution < -0.4 is 0 Å². The topological polar surface area (TPSA) is 188 Å². The van der Waals surface area contributed by atoms with Crippen LogP contribution in [0.5, 0.6) is 0 Å². The molecule has 0 unspecified atom stereocenters. The van der Waals surface area contributed by atoms with Crippen LogP contribution >= 0.6 is 0 Å². The summed E-state index contributed by atoms with van der Waals surface area (Å²) in [5.41, 5.74) is -1.78. The molecule has 0 bridgehead atoms. The number of carbonyl (C=O) groups excluding carboxylic acids is 2. The Labute approximate surface area is 160 Å². The fourth-order valence-electron chi connectivity index (χ4n) is 2.30. The van der Waals surface area contributed by atoms with Gasteiger partial charge in [0.05, 0.1) is 11.1 Å². The third kappa shape index (κ3) is 6.51. The molecule has 0 atom stereocenters. The maximum Gasteiger partial charge on any atom is 0.343 e. The molecule has 0 saturated carbocycles. The van der Waals surface area contributed by atoms with Crippen LogP contribution in [0.1, 0.15) is 60.2 Å². The molecule has 0 spiro atoms. The van der Waals surface area contributed by atoms with Gasteiger partial charge in [0.15, 0.2) is 0 Å². The first kappa shape index (κ1) is 23.9. The fraction of sp³-hybridized carbons (Fsp3) is 0.500. The van der Waals surface area contributed by atoms with E-state index in [9.17, 15) is 43.0 Å². The highest BCUT2D eigenvalue weighted by atomic mass is 32.2. The number of carbonyl (C=O) groups is 2. The molecule has 1 rings (SSSR count). The van der Waals surface area contributed by atoms with Crippen LogP contribution in [0.4, 0.5) is 0 Å². The second-order valence-corrected chi connectivity index (χ2v) is 7.28. The van der Waals surface area contributed by atoms with Crippen molar-refractivity contribution < 1.29 is 52.5 Å².